The summed E-state index contributed by atoms with van der Waals surface area (Å²) in [7, 11) is 0. The molecule has 2 aromatic rings. The second-order valence-electron chi connectivity index (χ2n) is 5.34. The Morgan fingerprint density at radius 3 is 2.83 bits per heavy atom. The maximum absolute atomic E-state index is 12.6. The van der Waals surface area contributed by atoms with Gasteiger partial charge in [0.15, 0.2) is 5.01 Å². The molecule has 0 aliphatic heterocycles. The number of halogens is 3. The van der Waals surface area contributed by atoms with Gasteiger partial charge >= 0.3 is 6.18 Å². The van der Waals surface area contributed by atoms with Gasteiger partial charge in [0.25, 0.3) is 5.91 Å². The fourth-order valence-corrected chi connectivity index (χ4v) is 3.04. The Kier molecular flexibility index (Phi) is 4.09. The van der Waals surface area contributed by atoms with Gasteiger partial charge in [-0.2, -0.15) is 13.2 Å². The summed E-state index contributed by atoms with van der Waals surface area (Å²) < 4.78 is 39.7. The smallest absolute Gasteiger partial charge is 0.349 e. The molecule has 0 unspecified atom stereocenters. The Labute approximate surface area is 133 Å². The van der Waals surface area contributed by atoms with Crippen molar-refractivity contribution in [1.29, 1.82) is 0 Å². The topological polar surface area (TPSA) is 72.7 Å². The number of thiazole rings is 1. The number of carbonyl (C=O) groups excluding carboxylic acids is 1. The van der Waals surface area contributed by atoms with Crippen LogP contribution in [0.3, 0.4) is 0 Å². The third-order valence-electron chi connectivity index (χ3n) is 3.47. The summed E-state index contributed by atoms with van der Waals surface area (Å²) in [6.07, 6.45) is -0.758. The van der Waals surface area contributed by atoms with E-state index in [0.29, 0.717) is 23.8 Å². The standard InChI is InChI=1S/C13H14F3N5OS/c1-7-9(23-12(19-7)13(14,15)16)11(22)17-4-5-21-6-18-20-10(21)8-2-3-8/h6,8H,2-5H2,1H3,(H,17,22). The van der Waals surface area contributed by atoms with Crippen LogP contribution < -0.4 is 5.32 Å². The summed E-state index contributed by atoms with van der Waals surface area (Å²) in [5.41, 5.74) is 0.0859. The minimum atomic E-state index is -4.53. The van der Waals surface area contributed by atoms with Crippen LogP contribution in [0.1, 0.15) is 45.0 Å². The zero-order valence-corrected chi connectivity index (χ0v) is 13.0. The molecule has 1 saturated carbocycles. The third kappa shape index (κ3) is 3.52. The van der Waals surface area contributed by atoms with Crippen LogP contribution in [0.25, 0.3) is 0 Å². The number of rotatable bonds is 5. The Bertz CT molecular complexity index is 720. The van der Waals surface area contributed by atoms with Gasteiger partial charge in [0, 0.05) is 19.0 Å². The summed E-state index contributed by atoms with van der Waals surface area (Å²) in [5.74, 6) is 0.787. The number of alkyl halides is 3. The summed E-state index contributed by atoms with van der Waals surface area (Å²) in [4.78, 5) is 15.4. The van der Waals surface area contributed by atoms with Crippen LogP contribution in [-0.4, -0.2) is 32.2 Å². The monoisotopic (exact) mass is 345 g/mol. The van der Waals surface area contributed by atoms with E-state index in [1.807, 2.05) is 4.57 Å². The van der Waals surface area contributed by atoms with Gasteiger partial charge in [-0.15, -0.1) is 21.5 Å². The van der Waals surface area contributed by atoms with Crippen molar-refractivity contribution in [3.63, 3.8) is 0 Å². The highest BCUT2D eigenvalue weighted by molar-refractivity contribution is 7.13. The number of aryl methyl sites for hydroxylation is 1. The van der Waals surface area contributed by atoms with E-state index >= 15 is 0 Å². The van der Waals surface area contributed by atoms with E-state index < -0.39 is 17.1 Å². The Morgan fingerprint density at radius 1 is 1.48 bits per heavy atom. The molecule has 0 saturated heterocycles. The van der Waals surface area contributed by atoms with Crippen LogP contribution in [0.2, 0.25) is 0 Å². The van der Waals surface area contributed by atoms with Crippen molar-refractivity contribution in [2.24, 2.45) is 0 Å². The van der Waals surface area contributed by atoms with Crippen LogP contribution in [-0.2, 0) is 12.7 Å². The molecule has 0 aromatic carbocycles. The number of nitrogens with zero attached hydrogens (tertiary/aromatic N) is 4. The maximum Gasteiger partial charge on any atom is 0.443 e. The molecule has 23 heavy (non-hydrogen) atoms. The molecule has 1 N–H and O–H groups in total. The van der Waals surface area contributed by atoms with Gasteiger partial charge in [-0.25, -0.2) is 4.98 Å². The van der Waals surface area contributed by atoms with Gasteiger partial charge in [0.05, 0.1) is 5.69 Å². The molecule has 10 heteroatoms. The fraction of sp³-hybridized carbons (Fsp3) is 0.538. The average molecular weight is 345 g/mol. The van der Waals surface area contributed by atoms with Crippen molar-refractivity contribution in [3.8, 4) is 0 Å². The molecule has 0 bridgehead atoms. The highest BCUT2D eigenvalue weighted by Crippen LogP contribution is 2.38. The van der Waals surface area contributed by atoms with E-state index in [1.165, 1.54) is 6.92 Å². The molecular formula is C13H14F3N5OS. The lowest BCUT2D eigenvalue weighted by Crippen LogP contribution is -2.27. The van der Waals surface area contributed by atoms with E-state index in [1.54, 1.807) is 6.33 Å². The molecule has 1 aliphatic rings. The molecule has 2 aromatic heterocycles. The molecular weight excluding hydrogens is 331 g/mol. The van der Waals surface area contributed by atoms with Crippen LogP contribution in [0.5, 0.6) is 0 Å². The Balaban J connectivity index is 1.59. The van der Waals surface area contributed by atoms with Crippen molar-refractivity contribution in [3.05, 3.63) is 27.7 Å². The molecule has 6 nitrogen and oxygen atoms in total. The second kappa shape index (κ2) is 5.91. The lowest BCUT2D eigenvalue weighted by atomic mass is 10.3. The van der Waals surface area contributed by atoms with Gasteiger partial charge in [0.1, 0.15) is 17.0 Å². The van der Waals surface area contributed by atoms with Gasteiger partial charge in [-0.3, -0.25) is 4.79 Å². The first kappa shape index (κ1) is 15.9. The highest BCUT2D eigenvalue weighted by atomic mass is 32.1. The van der Waals surface area contributed by atoms with Crippen molar-refractivity contribution >= 4 is 17.2 Å². The van der Waals surface area contributed by atoms with Crippen molar-refractivity contribution < 1.29 is 18.0 Å². The second-order valence-corrected chi connectivity index (χ2v) is 6.34. The van der Waals surface area contributed by atoms with Crippen molar-refractivity contribution in [1.82, 2.24) is 25.1 Å². The quantitative estimate of drug-likeness (QED) is 0.903. The summed E-state index contributed by atoms with van der Waals surface area (Å²) in [5, 5.41) is 9.51. The first-order valence-corrected chi connectivity index (χ1v) is 7.88. The highest BCUT2D eigenvalue weighted by Gasteiger charge is 2.36. The van der Waals surface area contributed by atoms with Gasteiger partial charge in [0.2, 0.25) is 0 Å². The number of amides is 1. The lowest BCUT2D eigenvalue weighted by Gasteiger charge is -2.07. The molecule has 124 valence electrons. The molecule has 0 spiro atoms. The average Bonchev–Trinajstić information content (AvgIpc) is 3.06. The normalized spacial score (nSPS) is 15.0. The predicted molar refractivity (Wildman–Crippen MR) is 76.2 cm³/mol. The molecule has 1 amide bonds. The van der Waals surface area contributed by atoms with Gasteiger partial charge in [-0.1, -0.05) is 0 Å². The summed E-state index contributed by atoms with van der Waals surface area (Å²) in [6.45, 7) is 2.16. The Morgan fingerprint density at radius 2 is 2.22 bits per heavy atom. The zero-order chi connectivity index (χ0) is 16.6. The first-order valence-electron chi connectivity index (χ1n) is 7.07. The molecule has 3 rings (SSSR count). The van der Waals surface area contributed by atoms with Crippen LogP contribution in [0, 0.1) is 6.92 Å². The Hall–Kier alpha value is -1.97. The van der Waals surface area contributed by atoms with Crippen molar-refractivity contribution in [2.45, 2.75) is 38.4 Å². The molecule has 0 radical (unpaired) electrons. The van der Waals surface area contributed by atoms with Crippen LogP contribution >= 0.6 is 11.3 Å². The minimum absolute atomic E-state index is 0.0107. The number of nitrogens with one attached hydrogen (secondary N) is 1. The van der Waals surface area contributed by atoms with E-state index in [9.17, 15) is 18.0 Å². The molecule has 0 atom stereocenters. The number of carbonyl (C=O) groups is 1. The lowest BCUT2D eigenvalue weighted by molar-refractivity contribution is -0.137. The van der Waals surface area contributed by atoms with Crippen molar-refractivity contribution in [2.75, 3.05) is 6.54 Å². The van der Waals surface area contributed by atoms with E-state index in [2.05, 4.69) is 20.5 Å². The predicted octanol–water partition coefficient (Wildman–Crippen LogP) is 2.37. The largest absolute Gasteiger partial charge is 0.443 e. The summed E-state index contributed by atoms with van der Waals surface area (Å²) >= 11 is 0.361. The SMILES string of the molecule is Cc1nc(C(F)(F)F)sc1C(=O)NCCn1cnnc1C1CC1. The fourth-order valence-electron chi connectivity index (χ4n) is 2.19. The number of hydrogen-bond donors (Lipinski definition) is 1. The third-order valence-corrected chi connectivity index (χ3v) is 4.67. The number of hydrogen-bond acceptors (Lipinski definition) is 5. The van der Waals surface area contributed by atoms with E-state index in [0.717, 1.165) is 18.7 Å². The number of aromatic nitrogens is 4. The molecule has 1 aliphatic carbocycles. The van der Waals surface area contributed by atoms with Crippen LogP contribution in [0.4, 0.5) is 13.2 Å². The van der Waals surface area contributed by atoms with E-state index in [-0.39, 0.29) is 17.1 Å². The molecule has 2 heterocycles. The van der Waals surface area contributed by atoms with Crippen LogP contribution in [0.15, 0.2) is 6.33 Å². The zero-order valence-electron chi connectivity index (χ0n) is 12.2. The molecule has 1 fully saturated rings. The van der Waals surface area contributed by atoms with Gasteiger partial charge in [-0.05, 0) is 19.8 Å². The maximum atomic E-state index is 12.6. The van der Waals surface area contributed by atoms with Gasteiger partial charge < -0.3 is 9.88 Å². The first-order chi connectivity index (χ1) is 10.9. The minimum Gasteiger partial charge on any atom is -0.349 e. The summed E-state index contributed by atoms with van der Waals surface area (Å²) in [6, 6.07) is 0. The van der Waals surface area contributed by atoms with E-state index in [4.69, 9.17) is 0 Å².